The lowest BCUT2D eigenvalue weighted by Crippen LogP contribution is -2.49. The van der Waals surface area contributed by atoms with Crippen molar-refractivity contribution in [2.75, 3.05) is 59.3 Å². The quantitative estimate of drug-likeness (QED) is 0.795. The Kier molecular flexibility index (Phi) is 4.92. The Morgan fingerprint density at radius 3 is 1.67 bits per heavy atom. The highest BCUT2D eigenvalue weighted by atomic mass is 31.2. The van der Waals surface area contributed by atoms with Crippen LogP contribution in [0, 0.1) is 6.92 Å². The second-order valence-electron chi connectivity index (χ2n) is 5.88. The summed E-state index contributed by atoms with van der Waals surface area (Å²) in [5, 5.41) is 1.48. The van der Waals surface area contributed by atoms with E-state index in [1.165, 1.54) is 10.9 Å². The third-order valence-electron chi connectivity index (χ3n) is 4.60. The number of hydrogen-bond acceptors (Lipinski definition) is 4. The molecule has 0 amide bonds. The largest absolute Gasteiger partial charge is 0.378 e. The van der Waals surface area contributed by atoms with E-state index in [2.05, 4.69) is 47.2 Å². The van der Waals surface area contributed by atoms with Gasteiger partial charge in [-0.3, -0.25) is 0 Å². The van der Waals surface area contributed by atoms with Gasteiger partial charge in [-0.15, -0.1) is 0 Å². The van der Waals surface area contributed by atoms with E-state index in [0.29, 0.717) is 0 Å². The summed E-state index contributed by atoms with van der Waals surface area (Å²) in [7, 11) is -1.49. The lowest BCUT2D eigenvalue weighted by Gasteiger charge is -2.43. The minimum Gasteiger partial charge on any atom is -0.378 e. The van der Waals surface area contributed by atoms with Gasteiger partial charge in [0.05, 0.1) is 59.3 Å². The Morgan fingerprint density at radius 1 is 0.810 bits per heavy atom. The maximum Gasteiger partial charge on any atom is 0.183 e. The van der Waals surface area contributed by atoms with Gasteiger partial charge in [0.25, 0.3) is 0 Å². The Hall–Kier alpha value is -0.510. The van der Waals surface area contributed by atoms with Gasteiger partial charge in [-0.25, -0.2) is 0 Å². The molecule has 2 aliphatic heterocycles. The molecule has 0 radical (unpaired) electrons. The first-order valence-electron chi connectivity index (χ1n) is 7.81. The first kappa shape index (κ1) is 15.4. The third kappa shape index (κ3) is 3.15. The fourth-order valence-corrected chi connectivity index (χ4v) is 6.83. The molecule has 4 nitrogen and oxygen atoms in total. The predicted molar refractivity (Wildman–Crippen MR) is 88.4 cm³/mol. The minimum atomic E-state index is -1.49. The van der Waals surface area contributed by atoms with E-state index in [9.17, 15) is 0 Å². The van der Waals surface area contributed by atoms with Crippen LogP contribution >= 0.6 is 7.56 Å². The Balaban J connectivity index is 1.93. The summed E-state index contributed by atoms with van der Waals surface area (Å²) in [4.78, 5) is 0. The molecule has 0 N–H and O–H groups in total. The second kappa shape index (κ2) is 6.72. The van der Waals surface area contributed by atoms with Gasteiger partial charge >= 0.3 is 0 Å². The smallest absolute Gasteiger partial charge is 0.183 e. The molecule has 0 saturated carbocycles. The van der Waals surface area contributed by atoms with Crippen molar-refractivity contribution in [2.24, 2.45) is 0 Å². The molecule has 0 aromatic heterocycles. The van der Waals surface area contributed by atoms with E-state index in [4.69, 9.17) is 9.47 Å². The van der Waals surface area contributed by atoms with Crippen LogP contribution in [-0.4, -0.2) is 68.6 Å². The van der Waals surface area contributed by atoms with E-state index < -0.39 is 7.56 Å². The average molecular weight is 309 g/mol. The summed E-state index contributed by atoms with van der Waals surface area (Å²) in [6, 6.07) is 9.14. The molecule has 0 bridgehead atoms. The third-order valence-corrected chi connectivity index (χ3v) is 8.88. The van der Waals surface area contributed by atoms with E-state index in [1.54, 1.807) is 0 Å². The van der Waals surface area contributed by atoms with Gasteiger partial charge in [0.15, 0.2) is 7.56 Å². The molecule has 0 unspecified atom stereocenters. The number of hydrogen-bond donors (Lipinski definition) is 0. The number of morpholine rings is 2. The summed E-state index contributed by atoms with van der Waals surface area (Å²) in [5.74, 6) is 0. The molecule has 116 valence electrons. The molecule has 1 aromatic carbocycles. The van der Waals surface area contributed by atoms with E-state index >= 15 is 0 Å². The van der Waals surface area contributed by atoms with E-state index in [-0.39, 0.29) is 0 Å². The summed E-state index contributed by atoms with van der Waals surface area (Å²) >= 11 is 0. The van der Waals surface area contributed by atoms with Crippen LogP contribution in [0.1, 0.15) is 5.56 Å². The SMILES string of the molecule is Cc1ccc([P+](C)(N2CCOCC2)N2CCOCC2)cc1. The van der Waals surface area contributed by atoms with Crippen molar-refractivity contribution in [3.8, 4) is 0 Å². The van der Waals surface area contributed by atoms with Crippen LogP contribution in [0.2, 0.25) is 0 Å². The predicted octanol–water partition coefficient (Wildman–Crippen LogP) is 1.76. The average Bonchev–Trinajstić information content (AvgIpc) is 2.56. The zero-order valence-electron chi connectivity index (χ0n) is 13.1. The lowest BCUT2D eigenvalue weighted by atomic mass is 10.2. The van der Waals surface area contributed by atoms with E-state index in [1.807, 2.05) is 0 Å². The van der Waals surface area contributed by atoms with Gasteiger partial charge in [-0.05, 0) is 19.1 Å². The first-order valence-corrected chi connectivity index (χ1v) is 9.95. The van der Waals surface area contributed by atoms with Crippen LogP contribution < -0.4 is 5.30 Å². The van der Waals surface area contributed by atoms with Crippen molar-refractivity contribution < 1.29 is 9.47 Å². The summed E-state index contributed by atoms with van der Waals surface area (Å²) in [6.45, 7) is 12.2. The normalized spacial score (nSPS) is 22.4. The highest BCUT2D eigenvalue weighted by molar-refractivity contribution is 7.78. The van der Waals surface area contributed by atoms with Gasteiger partial charge in [0.1, 0.15) is 5.30 Å². The fourth-order valence-electron chi connectivity index (χ4n) is 3.22. The number of ether oxygens (including phenoxy) is 2. The Labute approximate surface area is 128 Å². The van der Waals surface area contributed by atoms with Gasteiger partial charge in [-0.1, -0.05) is 17.7 Å². The van der Waals surface area contributed by atoms with Crippen LogP contribution in [-0.2, 0) is 9.47 Å². The zero-order chi connectivity index (χ0) is 14.7. The number of benzene rings is 1. The maximum absolute atomic E-state index is 5.57. The molecule has 5 heteroatoms. The monoisotopic (exact) mass is 309 g/mol. The topological polar surface area (TPSA) is 24.9 Å². The number of rotatable bonds is 3. The Bertz CT molecular complexity index is 436. The minimum absolute atomic E-state index is 0.853. The van der Waals surface area contributed by atoms with Gasteiger partial charge < -0.3 is 9.47 Å². The van der Waals surface area contributed by atoms with Crippen molar-refractivity contribution in [3.63, 3.8) is 0 Å². The van der Waals surface area contributed by atoms with Gasteiger partial charge in [-0.2, -0.15) is 9.34 Å². The molecular formula is C16H26N2O2P+. The number of nitrogens with zero attached hydrogens (tertiary/aromatic N) is 2. The second-order valence-corrected chi connectivity index (χ2v) is 9.35. The molecule has 0 atom stereocenters. The van der Waals surface area contributed by atoms with Crippen molar-refractivity contribution >= 4 is 12.9 Å². The molecular weight excluding hydrogens is 283 g/mol. The highest BCUT2D eigenvalue weighted by Crippen LogP contribution is 2.60. The van der Waals surface area contributed by atoms with Crippen LogP contribution in [0.25, 0.3) is 0 Å². The summed E-state index contributed by atoms with van der Waals surface area (Å²) in [5.41, 5.74) is 1.33. The van der Waals surface area contributed by atoms with Crippen LogP contribution in [0.5, 0.6) is 0 Å². The molecule has 0 aliphatic carbocycles. The van der Waals surface area contributed by atoms with Crippen molar-refractivity contribution in [1.82, 2.24) is 9.34 Å². The maximum atomic E-state index is 5.57. The van der Waals surface area contributed by atoms with Gasteiger partial charge in [0, 0.05) is 0 Å². The van der Waals surface area contributed by atoms with Crippen molar-refractivity contribution in [1.29, 1.82) is 0 Å². The summed E-state index contributed by atoms with van der Waals surface area (Å²) in [6.07, 6.45) is 0. The van der Waals surface area contributed by atoms with Crippen molar-refractivity contribution in [3.05, 3.63) is 29.8 Å². The molecule has 2 aliphatic rings. The van der Waals surface area contributed by atoms with Gasteiger partial charge in [0.2, 0.25) is 0 Å². The molecule has 21 heavy (non-hydrogen) atoms. The molecule has 2 fully saturated rings. The van der Waals surface area contributed by atoms with Crippen LogP contribution in [0.15, 0.2) is 24.3 Å². The van der Waals surface area contributed by atoms with Crippen LogP contribution in [0.4, 0.5) is 0 Å². The first-order chi connectivity index (χ1) is 10.2. The molecule has 2 saturated heterocycles. The Morgan fingerprint density at radius 2 is 1.24 bits per heavy atom. The molecule has 1 aromatic rings. The van der Waals surface area contributed by atoms with Crippen LogP contribution in [0.3, 0.4) is 0 Å². The highest BCUT2D eigenvalue weighted by Gasteiger charge is 2.49. The zero-order valence-corrected chi connectivity index (χ0v) is 14.0. The molecule has 0 spiro atoms. The lowest BCUT2D eigenvalue weighted by molar-refractivity contribution is 0.0570. The standard InChI is InChI=1S/C16H26N2O2P/c1-15-3-5-16(6-4-15)21(2,17-7-11-19-12-8-17)18-9-13-20-14-10-18/h3-6H,7-14H2,1-2H3/q+1. The number of aryl methyl sites for hydroxylation is 1. The molecule has 3 rings (SSSR count). The van der Waals surface area contributed by atoms with E-state index in [0.717, 1.165) is 52.6 Å². The van der Waals surface area contributed by atoms with Crippen molar-refractivity contribution in [2.45, 2.75) is 6.92 Å². The summed E-state index contributed by atoms with van der Waals surface area (Å²) < 4.78 is 16.5. The molecule has 2 heterocycles. The fraction of sp³-hybridized carbons (Fsp3) is 0.625.